The van der Waals surface area contributed by atoms with Gasteiger partial charge < -0.3 is 9.67 Å². The van der Waals surface area contributed by atoms with Crippen molar-refractivity contribution in [3.8, 4) is 0 Å². The summed E-state index contributed by atoms with van der Waals surface area (Å²) in [5.74, 6) is -0.800. The van der Waals surface area contributed by atoms with Gasteiger partial charge in [-0.05, 0) is 30.0 Å². The van der Waals surface area contributed by atoms with Gasteiger partial charge in [-0.1, -0.05) is 48.5 Å². The van der Waals surface area contributed by atoms with Crippen LogP contribution in [0.25, 0.3) is 11.0 Å². The van der Waals surface area contributed by atoms with Crippen LogP contribution in [0.4, 0.5) is 0 Å². The predicted octanol–water partition coefficient (Wildman–Crippen LogP) is 4.41. The number of nitrogens with zero attached hydrogens (tertiary/aromatic N) is 2. The molecule has 0 bridgehead atoms. The highest BCUT2D eigenvalue weighted by atomic mass is 79.9. The maximum Gasteiger partial charge on any atom is 0.313 e. The molecule has 1 N–H and O–H groups in total. The Kier molecular flexibility index (Phi) is 4.99. The first-order valence-electron chi connectivity index (χ1n) is 6.83. The van der Waals surface area contributed by atoms with Crippen LogP contribution in [0.2, 0.25) is 0 Å². The van der Waals surface area contributed by atoms with Crippen molar-refractivity contribution in [2.45, 2.75) is 38.9 Å². The summed E-state index contributed by atoms with van der Waals surface area (Å²) in [6.45, 7) is 7.41. The topological polar surface area (TPSA) is 55.1 Å². The third-order valence-corrected chi connectivity index (χ3v) is 5.00. The third-order valence-electron chi connectivity index (χ3n) is 3.54. The SMILES string of the molecule is CCC(C)(C)Cn1c(SCC(=O)O)nc2ccc(Br)cc21. The summed E-state index contributed by atoms with van der Waals surface area (Å²) < 4.78 is 3.14. The van der Waals surface area contributed by atoms with E-state index in [1.165, 1.54) is 11.8 Å². The number of rotatable bonds is 6. The number of imidazole rings is 1. The maximum absolute atomic E-state index is 10.8. The van der Waals surface area contributed by atoms with Crippen molar-refractivity contribution >= 4 is 44.7 Å². The van der Waals surface area contributed by atoms with Gasteiger partial charge in [0, 0.05) is 11.0 Å². The lowest BCUT2D eigenvalue weighted by atomic mass is 9.90. The normalized spacial score (nSPS) is 12.0. The second-order valence-corrected chi connectivity index (χ2v) is 7.67. The lowest BCUT2D eigenvalue weighted by molar-refractivity contribution is -0.133. The second kappa shape index (κ2) is 6.40. The Hall–Kier alpha value is -1.01. The number of fused-ring (bicyclic) bond motifs is 1. The molecule has 114 valence electrons. The zero-order chi connectivity index (χ0) is 15.6. The van der Waals surface area contributed by atoms with E-state index in [0.29, 0.717) is 0 Å². The van der Waals surface area contributed by atoms with Crippen LogP contribution in [0, 0.1) is 5.41 Å². The Morgan fingerprint density at radius 3 is 2.81 bits per heavy atom. The molecule has 0 amide bonds. The van der Waals surface area contributed by atoms with Crippen LogP contribution in [-0.2, 0) is 11.3 Å². The summed E-state index contributed by atoms with van der Waals surface area (Å²) in [4.78, 5) is 15.4. The predicted molar refractivity (Wildman–Crippen MR) is 89.9 cm³/mol. The van der Waals surface area contributed by atoms with Gasteiger partial charge in [-0.3, -0.25) is 4.79 Å². The number of carboxylic acids is 1. The Balaban J connectivity index is 2.47. The maximum atomic E-state index is 10.8. The Morgan fingerprint density at radius 2 is 2.19 bits per heavy atom. The Bertz CT molecular complexity index is 667. The number of halogens is 1. The van der Waals surface area contributed by atoms with Crippen molar-refractivity contribution in [3.63, 3.8) is 0 Å². The Morgan fingerprint density at radius 1 is 1.48 bits per heavy atom. The van der Waals surface area contributed by atoms with Gasteiger partial charge in [0.1, 0.15) is 0 Å². The smallest absolute Gasteiger partial charge is 0.313 e. The quantitative estimate of drug-likeness (QED) is 0.765. The van der Waals surface area contributed by atoms with E-state index in [9.17, 15) is 4.79 Å². The molecular formula is C15H19BrN2O2S. The monoisotopic (exact) mass is 370 g/mol. The highest BCUT2D eigenvalue weighted by Crippen LogP contribution is 2.31. The van der Waals surface area contributed by atoms with Crippen LogP contribution in [0.15, 0.2) is 27.8 Å². The van der Waals surface area contributed by atoms with E-state index in [1.807, 2.05) is 18.2 Å². The fraction of sp³-hybridized carbons (Fsp3) is 0.467. The standard InChI is InChI=1S/C15H19BrN2O2S/c1-4-15(2,3)9-18-12-7-10(16)5-6-11(12)17-14(18)21-8-13(19)20/h5-7H,4,8-9H2,1-3H3,(H,19,20). The van der Waals surface area contributed by atoms with E-state index >= 15 is 0 Å². The number of carboxylic acid groups (broad SMARTS) is 1. The number of benzene rings is 1. The van der Waals surface area contributed by atoms with Gasteiger partial charge in [-0.15, -0.1) is 0 Å². The van der Waals surface area contributed by atoms with E-state index in [2.05, 4.69) is 46.3 Å². The first-order valence-corrected chi connectivity index (χ1v) is 8.60. The molecule has 0 unspecified atom stereocenters. The van der Waals surface area contributed by atoms with Gasteiger partial charge in [-0.2, -0.15) is 0 Å². The molecule has 0 saturated carbocycles. The minimum absolute atomic E-state index is 0.0248. The molecule has 6 heteroatoms. The molecule has 0 aliphatic rings. The van der Waals surface area contributed by atoms with Crippen LogP contribution in [-0.4, -0.2) is 26.4 Å². The molecule has 0 spiro atoms. The number of carbonyl (C=O) groups is 1. The van der Waals surface area contributed by atoms with Crippen molar-refractivity contribution in [1.29, 1.82) is 0 Å². The van der Waals surface area contributed by atoms with Crippen LogP contribution >= 0.6 is 27.7 Å². The van der Waals surface area contributed by atoms with Crippen LogP contribution in [0.3, 0.4) is 0 Å². The van der Waals surface area contributed by atoms with Gasteiger partial charge in [0.15, 0.2) is 5.16 Å². The third kappa shape index (κ3) is 4.01. The van der Waals surface area contributed by atoms with Crippen molar-refractivity contribution in [2.75, 3.05) is 5.75 Å². The van der Waals surface area contributed by atoms with E-state index in [-0.39, 0.29) is 11.2 Å². The van der Waals surface area contributed by atoms with Gasteiger partial charge >= 0.3 is 5.97 Å². The van der Waals surface area contributed by atoms with Crippen LogP contribution < -0.4 is 0 Å². The average Bonchev–Trinajstić information content (AvgIpc) is 2.74. The molecule has 0 aliphatic carbocycles. The van der Waals surface area contributed by atoms with E-state index in [0.717, 1.165) is 33.6 Å². The first-order chi connectivity index (χ1) is 9.82. The van der Waals surface area contributed by atoms with Crippen molar-refractivity contribution in [1.82, 2.24) is 9.55 Å². The summed E-state index contributed by atoms with van der Waals surface area (Å²) >= 11 is 4.77. The number of hydrogen-bond acceptors (Lipinski definition) is 3. The molecule has 0 radical (unpaired) electrons. The average molecular weight is 371 g/mol. The zero-order valence-corrected chi connectivity index (χ0v) is 14.8. The zero-order valence-electron chi connectivity index (χ0n) is 12.4. The molecule has 21 heavy (non-hydrogen) atoms. The molecule has 1 aromatic heterocycles. The highest BCUT2D eigenvalue weighted by Gasteiger charge is 2.21. The molecule has 0 saturated heterocycles. The number of hydrogen-bond donors (Lipinski definition) is 1. The van der Waals surface area contributed by atoms with E-state index in [4.69, 9.17) is 5.11 Å². The molecule has 1 heterocycles. The molecule has 0 atom stereocenters. The largest absolute Gasteiger partial charge is 0.481 e. The highest BCUT2D eigenvalue weighted by molar-refractivity contribution is 9.10. The number of aliphatic carboxylic acids is 1. The van der Waals surface area contributed by atoms with Crippen molar-refractivity contribution in [2.24, 2.45) is 5.41 Å². The number of aromatic nitrogens is 2. The summed E-state index contributed by atoms with van der Waals surface area (Å²) in [6, 6.07) is 5.95. The molecule has 2 rings (SSSR count). The van der Waals surface area contributed by atoms with Gasteiger partial charge in [0.25, 0.3) is 0 Å². The summed E-state index contributed by atoms with van der Waals surface area (Å²) in [7, 11) is 0. The van der Waals surface area contributed by atoms with Crippen molar-refractivity contribution < 1.29 is 9.90 Å². The summed E-state index contributed by atoms with van der Waals surface area (Å²) in [5, 5.41) is 9.67. The van der Waals surface area contributed by atoms with Crippen molar-refractivity contribution in [3.05, 3.63) is 22.7 Å². The molecule has 1 aromatic carbocycles. The summed E-state index contributed by atoms with van der Waals surface area (Å²) in [6.07, 6.45) is 1.05. The van der Waals surface area contributed by atoms with Crippen LogP contribution in [0.1, 0.15) is 27.2 Å². The van der Waals surface area contributed by atoms with E-state index < -0.39 is 5.97 Å². The fourth-order valence-electron chi connectivity index (χ4n) is 2.00. The Labute approximate surface area is 137 Å². The lowest BCUT2D eigenvalue weighted by Gasteiger charge is -2.24. The molecule has 0 fully saturated rings. The molecular weight excluding hydrogens is 352 g/mol. The minimum Gasteiger partial charge on any atom is -0.481 e. The van der Waals surface area contributed by atoms with Crippen LogP contribution in [0.5, 0.6) is 0 Å². The van der Waals surface area contributed by atoms with Gasteiger partial charge in [-0.25, -0.2) is 4.98 Å². The van der Waals surface area contributed by atoms with Gasteiger partial charge in [0.2, 0.25) is 0 Å². The molecule has 0 aliphatic heterocycles. The van der Waals surface area contributed by atoms with Gasteiger partial charge in [0.05, 0.1) is 16.8 Å². The number of thioether (sulfide) groups is 1. The molecule has 2 aromatic rings. The second-order valence-electron chi connectivity index (χ2n) is 5.81. The first kappa shape index (κ1) is 16.4. The minimum atomic E-state index is -0.825. The van der Waals surface area contributed by atoms with E-state index in [1.54, 1.807) is 0 Å². The summed E-state index contributed by atoms with van der Waals surface area (Å²) in [5.41, 5.74) is 2.07. The fourth-order valence-corrected chi connectivity index (χ4v) is 3.09. The lowest BCUT2D eigenvalue weighted by Crippen LogP contribution is -2.19. The molecule has 4 nitrogen and oxygen atoms in total.